The maximum absolute atomic E-state index is 13.8. The smallest absolute Gasteiger partial charge is 0.377 e. The van der Waals surface area contributed by atoms with E-state index in [1.165, 1.54) is 0 Å². The normalized spacial score (nSPS) is 16.7. The summed E-state index contributed by atoms with van der Waals surface area (Å²) >= 11 is 0. The van der Waals surface area contributed by atoms with Crippen LogP contribution in [0.3, 0.4) is 0 Å². The van der Waals surface area contributed by atoms with Crippen LogP contribution in [-0.2, 0) is 13.3 Å². The third-order valence-electron chi connectivity index (χ3n) is 4.24. The fourth-order valence-corrected chi connectivity index (χ4v) is 3.84. The zero-order valence-corrected chi connectivity index (χ0v) is 16.6. The molecule has 3 nitrogen and oxygen atoms in total. The van der Waals surface area contributed by atoms with Gasteiger partial charge in [-0.3, -0.25) is 0 Å². The quantitative estimate of drug-likeness (QED) is 0.267. The first-order valence-electron chi connectivity index (χ1n) is 7.65. The summed E-state index contributed by atoms with van der Waals surface area (Å²) < 4.78 is 188. The standard InChI is InChI=1S/C13H17F13O3Si/c1-7(14)9(17,18)11(21,22)13(25,26)12(23,24)10(19,20)8(15,16)5-6-30(27-2,28-3)29-4/h7H,5-6H2,1-4H3. The van der Waals surface area contributed by atoms with Gasteiger partial charge in [-0.2, -0.15) is 52.7 Å². The van der Waals surface area contributed by atoms with Crippen molar-refractivity contribution in [1.29, 1.82) is 0 Å². The maximum atomic E-state index is 13.8. The average molecular weight is 496 g/mol. The molecule has 0 fully saturated rings. The second-order valence-corrected chi connectivity index (χ2v) is 9.13. The summed E-state index contributed by atoms with van der Waals surface area (Å²) in [5.74, 6) is -43.1. The lowest BCUT2D eigenvalue weighted by Crippen LogP contribution is -2.71. The molecule has 0 saturated heterocycles. The lowest BCUT2D eigenvalue weighted by atomic mass is 9.89. The molecule has 17 heteroatoms. The Bertz CT molecular complexity index is 570. The van der Waals surface area contributed by atoms with Gasteiger partial charge in [0.25, 0.3) is 0 Å². The van der Waals surface area contributed by atoms with Crippen LogP contribution in [-0.4, -0.2) is 71.8 Å². The Hall–Kier alpha value is -0.813. The van der Waals surface area contributed by atoms with E-state index in [1.807, 2.05) is 0 Å². The minimum atomic E-state index is -7.80. The zero-order chi connectivity index (χ0) is 24.6. The first-order valence-corrected chi connectivity index (χ1v) is 9.58. The van der Waals surface area contributed by atoms with Gasteiger partial charge in [-0.15, -0.1) is 0 Å². The highest BCUT2D eigenvalue weighted by Crippen LogP contribution is 2.61. The predicted molar refractivity (Wildman–Crippen MR) is 76.5 cm³/mol. The van der Waals surface area contributed by atoms with E-state index in [2.05, 4.69) is 13.3 Å². The molecule has 0 radical (unpaired) electrons. The van der Waals surface area contributed by atoms with E-state index in [-0.39, 0.29) is 0 Å². The Morgan fingerprint density at radius 2 is 0.967 bits per heavy atom. The van der Waals surface area contributed by atoms with E-state index in [4.69, 9.17) is 0 Å². The van der Waals surface area contributed by atoms with Crippen molar-refractivity contribution in [2.45, 2.75) is 61.1 Å². The number of alkyl halides is 13. The van der Waals surface area contributed by atoms with Gasteiger partial charge in [0.05, 0.1) is 0 Å². The topological polar surface area (TPSA) is 27.7 Å². The summed E-state index contributed by atoms with van der Waals surface area (Å²) in [6.45, 7) is -0.445. The van der Waals surface area contributed by atoms with Crippen LogP contribution in [0.4, 0.5) is 57.1 Å². The van der Waals surface area contributed by atoms with Crippen LogP contribution in [0.5, 0.6) is 0 Å². The second-order valence-electron chi connectivity index (χ2n) is 6.04. The molecule has 1 atom stereocenters. The molecule has 0 bridgehead atoms. The van der Waals surface area contributed by atoms with Gasteiger partial charge >= 0.3 is 44.3 Å². The Labute approximate surface area is 162 Å². The Morgan fingerprint density at radius 3 is 1.27 bits per heavy atom. The number of hydrogen-bond donors (Lipinski definition) is 0. The lowest BCUT2D eigenvalue weighted by molar-refractivity contribution is -0.428. The highest BCUT2D eigenvalue weighted by Gasteiger charge is 2.90. The summed E-state index contributed by atoms with van der Waals surface area (Å²) in [5.41, 5.74) is 0. The largest absolute Gasteiger partial charge is 0.500 e. The number of halogens is 13. The predicted octanol–water partition coefficient (Wildman–Crippen LogP) is 5.42. The van der Waals surface area contributed by atoms with Gasteiger partial charge in [0.1, 0.15) is 0 Å². The van der Waals surface area contributed by atoms with Crippen molar-refractivity contribution < 1.29 is 70.4 Å². The molecule has 0 N–H and O–H groups in total. The Kier molecular flexibility index (Phi) is 8.38. The van der Waals surface area contributed by atoms with Crippen LogP contribution >= 0.6 is 0 Å². The van der Waals surface area contributed by atoms with Gasteiger partial charge in [-0.05, 0) is 6.92 Å². The van der Waals surface area contributed by atoms with Crippen LogP contribution in [0.1, 0.15) is 13.3 Å². The zero-order valence-electron chi connectivity index (χ0n) is 15.6. The SMILES string of the molecule is CO[Si](CCC(F)(F)C(F)(F)C(F)(F)C(F)(F)C(F)(F)C(F)(F)C(C)F)(OC)OC. The van der Waals surface area contributed by atoms with Crippen molar-refractivity contribution in [2.24, 2.45) is 0 Å². The van der Waals surface area contributed by atoms with Gasteiger partial charge in [0.15, 0.2) is 6.17 Å². The summed E-state index contributed by atoms with van der Waals surface area (Å²) in [5, 5.41) is 0. The molecule has 0 rings (SSSR count). The highest BCUT2D eigenvalue weighted by atomic mass is 28.4. The lowest BCUT2D eigenvalue weighted by Gasteiger charge is -2.41. The summed E-state index contributed by atoms with van der Waals surface area (Å²) in [6.07, 6.45) is -6.63. The van der Waals surface area contributed by atoms with Crippen LogP contribution in [0.25, 0.3) is 0 Å². The summed E-state index contributed by atoms with van der Waals surface area (Å²) in [4.78, 5) is 0. The molecule has 0 amide bonds. The average Bonchev–Trinajstić information content (AvgIpc) is 2.62. The summed E-state index contributed by atoms with van der Waals surface area (Å²) in [7, 11) is -1.78. The third-order valence-corrected chi connectivity index (χ3v) is 6.97. The van der Waals surface area contributed by atoms with Gasteiger partial charge in [-0.1, -0.05) is 0 Å². The molecule has 30 heavy (non-hydrogen) atoms. The molecule has 182 valence electrons. The molecule has 0 aliphatic carbocycles. The molecule has 0 aromatic carbocycles. The first-order chi connectivity index (χ1) is 13.1. The van der Waals surface area contributed by atoms with E-state index in [9.17, 15) is 57.1 Å². The molecule has 0 spiro atoms. The molecular weight excluding hydrogens is 479 g/mol. The van der Waals surface area contributed by atoms with Gasteiger partial charge in [0.2, 0.25) is 0 Å². The van der Waals surface area contributed by atoms with Crippen molar-refractivity contribution in [3.63, 3.8) is 0 Å². The van der Waals surface area contributed by atoms with Crippen molar-refractivity contribution >= 4 is 8.80 Å². The number of hydrogen-bond acceptors (Lipinski definition) is 3. The van der Waals surface area contributed by atoms with E-state index in [0.29, 0.717) is 0 Å². The second kappa shape index (κ2) is 8.61. The molecule has 0 aliphatic heterocycles. The molecule has 1 unspecified atom stereocenters. The van der Waals surface area contributed by atoms with Crippen molar-refractivity contribution in [3.8, 4) is 0 Å². The monoisotopic (exact) mass is 496 g/mol. The van der Waals surface area contributed by atoms with E-state index in [0.717, 1.165) is 21.3 Å². The molecular formula is C13H17F13O3Si. The minimum absolute atomic E-state index is 0.445. The van der Waals surface area contributed by atoms with Crippen molar-refractivity contribution in [1.82, 2.24) is 0 Å². The Morgan fingerprint density at radius 1 is 0.633 bits per heavy atom. The fourth-order valence-electron chi connectivity index (χ4n) is 2.11. The van der Waals surface area contributed by atoms with Crippen LogP contribution in [0, 0.1) is 0 Å². The highest BCUT2D eigenvalue weighted by molar-refractivity contribution is 6.60. The van der Waals surface area contributed by atoms with Crippen molar-refractivity contribution in [3.05, 3.63) is 0 Å². The van der Waals surface area contributed by atoms with Gasteiger partial charge in [-0.25, -0.2) is 4.39 Å². The van der Waals surface area contributed by atoms with Gasteiger partial charge in [0, 0.05) is 33.8 Å². The maximum Gasteiger partial charge on any atom is 0.500 e. The minimum Gasteiger partial charge on any atom is -0.377 e. The molecule has 0 aliphatic rings. The molecule has 0 saturated carbocycles. The molecule has 0 heterocycles. The Balaban J connectivity index is 6.21. The van der Waals surface area contributed by atoms with E-state index < -0.39 is 69.9 Å². The first kappa shape index (κ1) is 29.2. The van der Waals surface area contributed by atoms with Crippen LogP contribution < -0.4 is 0 Å². The van der Waals surface area contributed by atoms with E-state index >= 15 is 0 Å². The third kappa shape index (κ3) is 4.26. The summed E-state index contributed by atoms with van der Waals surface area (Å²) in [6, 6.07) is -1.38. The van der Waals surface area contributed by atoms with E-state index in [1.54, 1.807) is 0 Å². The van der Waals surface area contributed by atoms with Gasteiger partial charge < -0.3 is 13.3 Å². The molecule has 0 aromatic rings. The molecule has 0 aromatic heterocycles. The number of rotatable bonds is 12. The van der Waals surface area contributed by atoms with Crippen LogP contribution in [0.2, 0.25) is 6.04 Å². The fraction of sp³-hybridized carbons (Fsp3) is 1.00. The van der Waals surface area contributed by atoms with Crippen molar-refractivity contribution in [2.75, 3.05) is 21.3 Å². The van der Waals surface area contributed by atoms with Crippen LogP contribution in [0.15, 0.2) is 0 Å².